The summed E-state index contributed by atoms with van der Waals surface area (Å²) in [4.78, 5) is 16.4. The van der Waals surface area contributed by atoms with Crippen LogP contribution in [0.1, 0.15) is 42.1 Å². The van der Waals surface area contributed by atoms with E-state index in [0.717, 1.165) is 42.6 Å². The Morgan fingerprint density at radius 3 is 2.97 bits per heavy atom. The fourth-order valence-corrected chi connectivity index (χ4v) is 4.85. The maximum absolute atomic E-state index is 12.8. The molecule has 1 unspecified atom stereocenters. The van der Waals surface area contributed by atoms with Gasteiger partial charge in [0.05, 0.1) is 13.2 Å². The van der Waals surface area contributed by atoms with Crippen LogP contribution in [0.4, 0.5) is 0 Å². The lowest BCUT2D eigenvalue weighted by molar-refractivity contribution is -0.121. The van der Waals surface area contributed by atoms with Crippen molar-refractivity contribution < 1.29 is 9.53 Å². The molecule has 1 aliphatic carbocycles. The molecule has 1 atom stereocenters. The maximum Gasteiger partial charge on any atom is 0.220 e. The molecule has 1 amide bonds. The minimum absolute atomic E-state index is 0.0483. The first-order valence-electron chi connectivity index (χ1n) is 10.6. The van der Waals surface area contributed by atoms with E-state index in [0.29, 0.717) is 6.42 Å². The molecule has 2 aromatic heterocycles. The van der Waals surface area contributed by atoms with Gasteiger partial charge in [0.15, 0.2) is 0 Å². The second-order valence-corrected chi connectivity index (χ2v) is 8.22. The van der Waals surface area contributed by atoms with Gasteiger partial charge < -0.3 is 19.6 Å². The van der Waals surface area contributed by atoms with Crippen molar-refractivity contribution in [3.05, 3.63) is 65.5 Å². The number of benzene rings is 2. The van der Waals surface area contributed by atoms with E-state index in [2.05, 4.69) is 64.5 Å². The number of aromatic nitrogens is 2. The summed E-state index contributed by atoms with van der Waals surface area (Å²) in [6.45, 7) is 0. The number of rotatable bonds is 5. The number of methoxy groups -OCH3 is 1. The summed E-state index contributed by atoms with van der Waals surface area (Å²) in [7, 11) is 3.75. The van der Waals surface area contributed by atoms with E-state index in [-0.39, 0.29) is 11.9 Å². The number of carbonyl (C=O) groups excluding carboxylic acids is 1. The number of ether oxygens (including phenoxy) is 1. The summed E-state index contributed by atoms with van der Waals surface area (Å²) in [5.74, 6) is 0.975. The minimum atomic E-state index is 0.0483. The predicted molar refractivity (Wildman–Crippen MR) is 120 cm³/mol. The Bertz CT molecular complexity index is 1230. The molecule has 5 rings (SSSR count). The topological polar surface area (TPSA) is 59.0 Å². The second kappa shape index (κ2) is 7.56. The maximum atomic E-state index is 12.8. The molecule has 0 spiro atoms. The third-order valence-electron chi connectivity index (χ3n) is 6.35. The molecule has 5 nitrogen and oxygen atoms in total. The van der Waals surface area contributed by atoms with Gasteiger partial charge in [-0.2, -0.15) is 0 Å². The van der Waals surface area contributed by atoms with Gasteiger partial charge in [-0.3, -0.25) is 4.79 Å². The first-order chi connectivity index (χ1) is 14.6. The zero-order valence-electron chi connectivity index (χ0n) is 17.5. The van der Waals surface area contributed by atoms with Crippen molar-refractivity contribution >= 4 is 27.7 Å². The third-order valence-corrected chi connectivity index (χ3v) is 6.35. The van der Waals surface area contributed by atoms with Crippen LogP contribution in [0.25, 0.3) is 21.8 Å². The number of aryl methyl sites for hydroxylation is 3. The van der Waals surface area contributed by atoms with Gasteiger partial charge in [-0.1, -0.05) is 18.2 Å². The number of hydrogen-bond acceptors (Lipinski definition) is 2. The Labute approximate surface area is 176 Å². The average molecular weight is 402 g/mol. The summed E-state index contributed by atoms with van der Waals surface area (Å²) in [6.07, 6.45) is 6.46. The Morgan fingerprint density at radius 2 is 2.10 bits per heavy atom. The molecule has 0 fully saturated rings. The van der Waals surface area contributed by atoms with Gasteiger partial charge in [-0.15, -0.1) is 0 Å². The Balaban J connectivity index is 1.32. The molecule has 0 aliphatic heterocycles. The predicted octanol–water partition coefficient (Wildman–Crippen LogP) is 4.79. The van der Waals surface area contributed by atoms with Crippen LogP contribution in [0.2, 0.25) is 0 Å². The van der Waals surface area contributed by atoms with Crippen molar-refractivity contribution in [3.63, 3.8) is 0 Å². The normalized spacial score (nSPS) is 16.0. The molecule has 2 aromatic carbocycles. The molecule has 154 valence electrons. The molecule has 5 heteroatoms. The summed E-state index contributed by atoms with van der Waals surface area (Å²) in [5, 5.41) is 5.72. The molecule has 0 saturated carbocycles. The summed E-state index contributed by atoms with van der Waals surface area (Å²) in [6, 6.07) is 14.5. The van der Waals surface area contributed by atoms with E-state index < -0.39 is 0 Å². The largest absolute Gasteiger partial charge is 0.497 e. The van der Waals surface area contributed by atoms with Gasteiger partial charge in [0.25, 0.3) is 0 Å². The van der Waals surface area contributed by atoms with Crippen molar-refractivity contribution in [2.75, 3.05) is 7.11 Å². The monoisotopic (exact) mass is 401 g/mol. The van der Waals surface area contributed by atoms with Crippen LogP contribution >= 0.6 is 0 Å². The zero-order valence-corrected chi connectivity index (χ0v) is 17.5. The summed E-state index contributed by atoms with van der Waals surface area (Å²) in [5.41, 5.74) is 6.01. The van der Waals surface area contributed by atoms with Gasteiger partial charge >= 0.3 is 0 Å². The molecular weight excluding hydrogens is 374 g/mol. The molecule has 0 radical (unpaired) electrons. The molecule has 0 bridgehead atoms. The zero-order chi connectivity index (χ0) is 20.7. The van der Waals surface area contributed by atoms with E-state index in [1.807, 2.05) is 6.07 Å². The van der Waals surface area contributed by atoms with Crippen molar-refractivity contribution in [1.82, 2.24) is 14.9 Å². The van der Waals surface area contributed by atoms with Crippen molar-refractivity contribution in [3.8, 4) is 5.75 Å². The van der Waals surface area contributed by atoms with Crippen LogP contribution in [0.5, 0.6) is 5.75 Å². The van der Waals surface area contributed by atoms with E-state index in [4.69, 9.17) is 4.74 Å². The molecule has 2 N–H and O–H groups in total. The van der Waals surface area contributed by atoms with E-state index in [1.165, 1.54) is 27.4 Å². The number of nitrogens with one attached hydrogen (secondary N) is 2. The van der Waals surface area contributed by atoms with Crippen LogP contribution in [0.3, 0.4) is 0 Å². The van der Waals surface area contributed by atoms with Crippen LogP contribution in [0, 0.1) is 0 Å². The Morgan fingerprint density at radius 1 is 1.23 bits per heavy atom. The molecule has 4 aromatic rings. The lowest BCUT2D eigenvalue weighted by atomic mass is 9.91. The Hall–Kier alpha value is -3.21. The van der Waals surface area contributed by atoms with E-state index >= 15 is 0 Å². The number of carbonyl (C=O) groups is 1. The number of para-hydroxylation sites is 1. The number of H-pyrrole nitrogens is 1. The summed E-state index contributed by atoms with van der Waals surface area (Å²) < 4.78 is 7.53. The highest BCUT2D eigenvalue weighted by Gasteiger charge is 2.25. The fraction of sp³-hybridized carbons (Fsp3) is 0.320. The van der Waals surface area contributed by atoms with Crippen molar-refractivity contribution in [2.24, 2.45) is 7.05 Å². The van der Waals surface area contributed by atoms with Crippen LogP contribution in [0.15, 0.2) is 48.7 Å². The fourth-order valence-electron chi connectivity index (χ4n) is 4.85. The lowest BCUT2D eigenvalue weighted by Gasteiger charge is -2.24. The average Bonchev–Trinajstić information content (AvgIpc) is 3.30. The molecule has 1 aliphatic rings. The summed E-state index contributed by atoms with van der Waals surface area (Å²) >= 11 is 0. The minimum Gasteiger partial charge on any atom is -0.497 e. The quantitative estimate of drug-likeness (QED) is 0.505. The highest BCUT2D eigenvalue weighted by molar-refractivity contribution is 5.87. The van der Waals surface area contributed by atoms with Crippen molar-refractivity contribution in [1.29, 1.82) is 0 Å². The van der Waals surface area contributed by atoms with Gasteiger partial charge in [-0.05, 0) is 61.1 Å². The van der Waals surface area contributed by atoms with E-state index in [9.17, 15) is 4.79 Å². The molecule has 2 heterocycles. The number of aromatic amines is 1. The van der Waals surface area contributed by atoms with Crippen LogP contribution in [-0.4, -0.2) is 22.6 Å². The van der Waals surface area contributed by atoms with E-state index in [1.54, 1.807) is 7.11 Å². The number of hydrogen-bond donors (Lipinski definition) is 2. The molecular formula is C25H27N3O2. The lowest BCUT2D eigenvalue weighted by Crippen LogP contribution is -2.31. The van der Waals surface area contributed by atoms with Crippen LogP contribution < -0.4 is 10.1 Å². The van der Waals surface area contributed by atoms with Gasteiger partial charge in [-0.25, -0.2) is 0 Å². The van der Waals surface area contributed by atoms with Gasteiger partial charge in [0.2, 0.25) is 5.91 Å². The number of amides is 1. The SMILES string of the molecule is COc1ccc2[nH]c3c(c2c1)CCCC3NC(=O)CCc1cn(C)c2ccccc12. The Kier molecular flexibility index (Phi) is 4.74. The highest BCUT2D eigenvalue weighted by atomic mass is 16.5. The van der Waals surface area contributed by atoms with Crippen molar-refractivity contribution in [2.45, 2.75) is 38.1 Å². The molecule has 30 heavy (non-hydrogen) atoms. The van der Waals surface area contributed by atoms with Gasteiger partial charge in [0.1, 0.15) is 5.75 Å². The highest BCUT2D eigenvalue weighted by Crippen LogP contribution is 2.36. The second-order valence-electron chi connectivity index (χ2n) is 8.22. The first kappa shape index (κ1) is 18.8. The number of fused-ring (bicyclic) bond motifs is 4. The number of nitrogens with zero attached hydrogens (tertiary/aromatic N) is 1. The first-order valence-corrected chi connectivity index (χ1v) is 10.6. The standard InChI is InChI=1S/C25H27N3O2/c1-28-15-16(18-6-3-4-9-23(18)28)10-13-24(29)26-22-8-5-7-19-20-14-17(30-2)11-12-21(20)27-25(19)22/h3-4,6,9,11-12,14-15,22,27H,5,7-8,10,13H2,1-2H3,(H,26,29). The third kappa shape index (κ3) is 3.24. The van der Waals surface area contributed by atoms with Gasteiger partial charge in [0, 0.05) is 47.2 Å². The molecule has 0 saturated heterocycles. The smallest absolute Gasteiger partial charge is 0.220 e. The van der Waals surface area contributed by atoms with Crippen LogP contribution in [-0.2, 0) is 24.7 Å².